The molecule has 0 spiro atoms. The standard InChI is InChI=1S/C23H17Cl2N3O3/c24-14-5-8-16(9-6-14)31-20-10-7-15(25)13-19(20)27-22(29)12-11-21-26-18-4-2-1-3-17(18)23(30)28-21/h1-10,13H,11-12H2,(H,27,29)(H,26,28,30). The minimum absolute atomic E-state index is 0.119. The average Bonchev–Trinajstić information content (AvgIpc) is 2.76. The van der Waals surface area contributed by atoms with Gasteiger partial charge in [-0.2, -0.15) is 0 Å². The highest BCUT2D eigenvalue weighted by Crippen LogP contribution is 2.32. The lowest BCUT2D eigenvalue weighted by molar-refractivity contribution is -0.116. The van der Waals surface area contributed by atoms with E-state index >= 15 is 0 Å². The van der Waals surface area contributed by atoms with Crippen LogP contribution in [0.4, 0.5) is 5.69 Å². The highest BCUT2D eigenvalue weighted by atomic mass is 35.5. The Balaban J connectivity index is 1.46. The number of nitrogens with zero attached hydrogens (tertiary/aromatic N) is 1. The van der Waals surface area contributed by atoms with Crippen molar-refractivity contribution in [3.8, 4) is 11.5 Å². The molecule has 0 unspecified atom stereocenters. The number of halogens is 2. The lowest BCUT2D eigenvalue weighted by Crippen LogP contribution is -2.16. The largest absolute Gasteiger partial charge is 0.455 e. The number of fused-ring (bicyclic) bond motifs is 1. The number of nitrogens with one attached hydrogen (secondary N) is 2. The predicted molar refractivity (Wildman–Crippen MR) is 122 cm³/mol. The highest BCUT2D eigenvalue weighted by molar-refractivity contribution is 6.31. The van der Waals surface area contributed by atoms with Crippen molar-refractivity contribution in [2.24, 2.45) is 0 Å². The molecule has 0 atom stereocenters. The van der Waals surface area contributed by atoms with Crippen LogP contribution in [-0.2, 0) is 11.2 Å². The molecule has 4 aromatic rings. The van der Waals surface area contributed by atoms with Crippen molar-refractivity contribution < 1.29 is 9.53 Å². The molecular weight excluding hydrogens is 437 g/mol. The van der Waals surface area contributed by atoms with Crippen molar-refractivity contribution in [1.29, 1.82) is 0 Å². The van der Waals surface area contributed by atoms with Gasteiger partial charge in [0, 0.05) is 22.9 Å². The summed E-state index contributed by atoms with van der Waals surface area (Å²) in [7, 11) is 0. The van der Waals surface area contributed by atoms with Crippen LogP contribution in [0.15, 0.2) is 71.5 Å². The number of carbonyl (C=O) groups is 1. The summed E-state index contributed by atoms with van der Waals surface area (Å²) in [6.45, 7) is 0. The zero-order chi connectivity index (χ0) is 21.8. The number of ether oxygens (including phenoxy) is 1. The molecule has 0 saturated carbocycles. The minimum atomic E-state index is -0.265. The first kappa shape index (κ1) is 20.9. The number of rotatable bonds is 6. The van der Waals surface area contributed by atoms with E-state index in [9.17, 15) is 9.59 Å². The monoisotopic (exact) mass is 453 g/mol. The van der Waals surface area contributed by atoms with Crippen molar-refractivity contribution in [3.63, 3.8) is 0 Å². The van der Waals surface area contributed by atoms with E-state index in [2.05, 4.69) is 15.3 Å². The molecule has 0 radical (unpaired) electrons. The Labute approximate surface area is 187 Å². The van der Waals surface area contributed by atoms with Gasteiger partial charge in [-0.05, 0) is 54.6 Å². The van der Waals surface area contributed by atoms with Crippen molar-refractivity contribution in [2.75, 3.05) is 5.32 Å². The molecule has 4 rings (SSSR count). The van der Waals surface area contributed by atoms with Gasteiger partial charge in [0.15, 0.2) is 5.75 Å². The summed E-state index contributed by atoms with van der Waals surface area (Å²) in [5.41, 5.74) is 0.803. The third kappa shape index (κ3) is 5.23. The van der Waals surface area contributed by atoms with Crippen LogP contribution in [0.3, 0.4) is 0 Å². The second-order valence-corrected chi connectivity index (χ2v) is 7.65. The first-order chi connectivity index (χ1) is 15.0. The van der Waals surface area contributed by atoms with Crippen molar-refractivity contribution in [1.82, 2.24) is 9.97 Å². The summed E-state index contributed by atoms with van der Waals surface area (Å²) >= 11 is 12.0. The fourth-order valence-electron chi connectivity index (χ4n) is 3.02. The SMILES string of the molecule is O=C(CCc1nc2ccccc2c(=O)[nH]1)Nc1cc(Cl)ccc1Oc1ccc(Cl)cc1. The fraction of sp³-hybridized carbons (Fsp3) is 0.0870. The van der Waals surface area contributed by atoms with Crippen LogP contribution in [-0.4, -0.2) is 15.9 Å². The van der Waals surface area contributed by atoms with Gasteiger partial charge in [-0.1, -0.05) is 35.3 Å². The van der Waals surface area contributed by atoms with Gasteiger partial charge in [-0.3, -0.25) is 9.59 Å². The van der Waals surface area contributed by atoms with E-state index in [0.29, 0.717) is 44.0 Å². The van der Waals surface area contributed by atoms with Crippen LogP contribution in [0, 0.1) is 0 Å². The molecule has 0 aliphatic carbocycles. The number of aromatic nitrogens is 2. The smallest absolute Gasteiger partial charge is 0.258 e. The van der Waals surface area contributed by atoms with Gasteiger partial charge in [0.25, 0.3) is 5.56 Å². The number of benzene rings is 3. The van der Waals surface area contributed by atoms with Crippen LogP contribution in [0.25, 0.3) is 10.9 Å². The van der Waals surface area contributed by atoms with Crippen molar-refractivity contribution in [3.05, 3.63) is 93.0 Å². The van der Waals surface area contributed by atoms with Crippen LogP contribution in [0.5, 0.6) is 11.5 Å². The summed E-state index contributed by atoms with van der Waals surface area (Å²) in [5.74, 6) is 1.19. The number of H-pyrrole nitrogens is 1. The zero-order valence-electron chi connectivity index (χ0n) is 16.2. The van der Waals surface area contributed by atoms with Crippen LogP contribution in [0.2, 0.25) is 10.0 Å². The van der Waals surface area contributed by atoms with Gasteiger partial charge in [0.05, 0.1) is 16.6 Å². The molecule has 0 saturated heterocycles. The van der Waals surface area contributed by atoms with Gasteiger partial charge in [0.2, 0.25) is 5.91 Å². The Kier molecular flexibility index (Phi) is 6.21. The third-order valence-electron chi connectivity index (χ3n) is 4.51. The zero-order valence-corrected chi connectivity index (χ0v) is 17.7. The predicted octanol–water partition coefficient (Wildman–Crippen LogP) is 5.59. The number of anilines is 1. The minimum Gasteiger partial charge on any atom is -0.455 e. The second kappa shape index (κ2) is 9.20. The first-order valence-electron chi connectivity index (χ1n) is 9.49. The molecule has 0 aliphatic rings. The maximum absolute atomic E-state index is 12.5. The third-order valence-corrected chi connectivity index (χ3v) is 4.99. The number of aromatic amines is 1. The molecule has 0 aliphatic heterocycles. The van der Waals surface area contributed by atoms with Crippen LogP contribution in [0.1, 0.15) is 12.2 Å². The summed E-state index contributed by atoms with van der Waals surface area (Å²) in [6, 6.07) is 18.9. The topological polar surface area (TPSA) is 84.1 Å². The molecule has 156 valence electrons. The summed E-state index contributed by atoms with van der Waals surface area (Å²) in [5, 5.41) is 4.38. The van der Waals surface area contributed by atoms with Gasteiger partial charge >= 0.3 is 0 Å². The molecule has 8 heteroatoms. The normalized spacial score (nSPS) is 10.8. The van der Waals surface area contributed by atoms with E-state index in [1.54, 1.807) is 60.7 Å². The number of carbonyl (C=O) groups excluding carboxylic acids is 1. The maximum atomic E-state index is 12.5. The molecule has 0 bridgehead atoms. The Morgan fingerprint density at radius 2 is 1.74 bits per heavy atom. The van der Waals surface area contributed by atoms with Crippen molar-refractivity contribution >= 4 is 45.7 Å². The lowest BCUT2D eigenvalue weighted by atomic mass is 10.2. The van der Waals surface area contributed by atoms with Gasteiger partial charge in [0.1, 0.15) is 11.6 Å². The molecular formula is C23H17Cl2N3O3. The van der Waals surface area contributed by atoms with E-state index in [1.165, 1.54) is 0 Å². The average molecular weight is 454 g/mol. The maximum Gasteiger partial charge on any atom is 0.258 e. The lowest BCUT2D eigenvalue weighted by Gasteiger charge is -2.13. The Bertz CT molecular complexity index is 1300. The van der Waals surface area contributed by atoms with E-state index in [0.717, 1.165) is 0 Å². The Hall–Kier alpha value is -3.35. The highest BCUT2D eigenvalue weighted by Gasteiger charge is 2.12. The molecule has 1 aromatic heterocycles. The number of amides is 1. The second-order valence-electron chi connectivity index (χ2n) is 6.77. The van der Waals surface area contributed by atoms with E-state index in [4.69, 9.17) is 27.9 Å². The Morgan fingerprint density at radius 1 is 1.00 bits per heavy atom. The van der Waals surface area contributed by atoms with Gasteiger partial charge in [-0.25, -0.2) is 4.98 Å². The van der Waals surface area contributed by atoms with Crippen molar-refractivity contribution in [2.45, 2.75) is 12.8 Å². The van der Waals surface area contributed by atoms with Gasteiger partial charge < -0.3 is 15.0 Å². The molecule has 3 aromatic carbocycles. The molecule has 31 heavy (non-hydrogen) atoms. The summed E-state index contributed by atoms with van der Waals surface area (Å²) in [4.78, 5) is 31.9. The quantitative estimate of drug-likeness (QED) is 0.398. The van der Waals surface area contributed by atoms with Crippen LogP contribution < -0.4 is 15.6 Å². The first-order valence-corrected chi connectivity index (χ1v) is 10.2. The van der Waals surface area contributed by atoms with E-state index < -0.39 is 0 Å². The molecule has 1 heterocycles. The molecule has 2 N–H and O–H groups in total. The Morgan fingerprint density at radius 3 is 2.55 bits per heavy atom. The number of para-hydroxylation sites is 1. The van der Waals surface area contributed by atoms with E-state index in [-0.39, 0.29) is 24.3 Å². The number of aryl methyl sites for hydroxylation is 1. The molecule has 6 nitrogen and oxygen atoms in total. The number of hydrogen-bond donors (Lipinski definition) is 2. The molecule has 0 fully saturated rings. The van der Waals surface area contributed by atoms with E-state index in [1.807, 2.05) is 6.07 Å². The van der Waals surface area contributed by atoms with Crippen LogP contribution >= 0.6 is 23.2 Å². The summed E-state index contributed by atoms with van der Waals surface area (Å²) in [6.07, 6.45) is 0.397. The number of hydrogen-bond acceptors (Lipinski definition) is 4. The van der Waals surface area contributed by atoms with Gasteiger partial charge in [-0.15, -0.1) is 0 Å². The fourth-order valence-corrected chi connectivity index (χ4v) is 3.31. The molecule has 1 amide bonds. The summed E-state index contributed by atoms with van der Waals surface area (Å²) < 4.78 is 5.86.